The van der Waals surface area contributed by atoms with Crippen molar-refractivity contribution in [2.24, 2.45) is 0 Å². The second-order valence-corrected chi connectivity index (χ2v) is 5.35. The van der Waals surface area contributed by atoms with Gasteiger partial charge in [0.15, 0.2) is 18.4 Å². The van der Waals surface area contributed by atoms with Gasteiger partial charge in [0.2, 0.25) is 0 Å². The van der Waals surface area contributed by atoms with Crippen LogP contribution in [0.3, 0.4) is 0 Å². The molecule has 1 aromatic carbocycles. The Labute approximate surface area is 126 Å². The second-order valence-electron chi connectivity index (χ2n) is 5.35. The fourth-order valence-corrected chi connectivity index (χ4v) is 3.23. The quantitative estimate of drug-likeness (QED) is 0.324. The largest absolute Gasteiger partial charge is 0.472 e. The molecule has 0 radical (unpaired) electrons. The Balaban J connectivity index is 2.03. The first-order chi connectivity index (χ1) is 10.8. The summed E-state index contributed by atoms with van der Waals surface area (Å²) < 4.78 is 7.35. The van der Waals surface area contributed by atoms with Gasteiger partial charge in [0.05, 0.1) is 23.0 Å². The van der Waals surface area contributed by atoms with Crippen LogP contribution in [-0.2, 0) is 6.54 Å². The molecule has 22 heavy (non-hydrogen) atoms. The Morgan fingerprint density at radius 2 is 2.09 bits per heavy atom. The molecule has 0 spiro atoms. The number of nitrogens with zero attached hydrogens (tertiary/aromatic N) is 2. The van der Waals surface area contributed by atoms with Gasteiger partial charge in [-0.05, 0) is 6.07 Å². The van der Waals surface area contributed by atoms with E-state index in [2.05, 4.69) is 4.57 Å². The van der Waals surface area contributed by atoms with Crippen molar-refractivity contribution in [3.63, 3.8) is 0 Å². The number of nitro benzene ring substituents is 1. The van der Waals surface area contributed by atoms with Crippen molar-refractivity contribution in [1.29, 1.82) is 0 Å². The zero-order valence-corrected chi connectivity index (χ0v) is 11.7. The lowest BCUT2D eigenvalue weighted by atomic mass is 9.82. The van der Waals surface area contributed by atoms with Gasteiger partial charge in [0, 0.05) is 29.3 Å². The Morgan fingerprint density at radius 1 is 1.18 bits per heavy atom. The molecular weight excluding hydrogens is 280 g/mol. The van der Waals surface area contributed by atoms with Crippen molar-refractivity contribution in [1.82, 2.24) is 0 Å². The molecule has 3 heterocycles. The predicted octanol–water partition coefficient (Wildman–Crippen LogP) is 3.02. The van der Waals surface area contributed by atoms with Crippen LogP contribution in [0.5, 0.6) is 0 Å². The average molecular weight is 293 g/mol. The maximum atomic E-state index is 11.5. The van der Waals surface area contributed by atoms with E-state index in [1.807, 2.05) is 36.5 Å². The molecule has 4 rings (SSSR count). The number of nitro groups is 1. The zero-order valence-electron chi connectivity index (χ0n) is 11.7. The van der Waals surface area contributed by atoms with E-state index in [9.17, 15) is 10.1 Å². The Bertz CT molecular complexity index is 856. The van der Waals surface area contributed by atoms with E-state index in [0.29, 0.717) is 6.54 Å². The van der Waals surface area contributed by atoms with E-state index in [0.717, 1.165) is 22.4 Å². The molecule has 0 saturated heterocycles. The summed E-state index contributed by atoms with van der Waals surface area (Å²) in [6, 6.07) is 13.1. The molecule has 1 atom stereocenters. The first kappa shape index (κ1) is 12.8. The number of aromatic nitrogens is 1. The van der Waals surface area contributed by atoms with Crippen LogP contribution in [0.4, 0.5) is 5.69 Å². The summed E-state index contributed by atoms with van der Waals surface area (Å²) in [5.74, 6) is -0.190. The first-order valence-electron chi connectivity index (χ1n) is 7.02. The van der Waals surface area contributed by atoms with Crippen molar-refractivity contribution >= 4 is 5.69 Å². The summed E-state index contributed by atoms with van der Waals surface area (Å²) in [4.78, 5) is 11.2. The van der Waals surface area contributed by atoms with Crippen molar-refractivity contribution in [2.75, 3.05) is 0 Å². The molecule has 108 valence electrons. The lowest BCUT2D eigenvalue weighted by Crippen LogP contribution is -2.44. The van der Waals surface area contributed by atoms with E-state index < -0.39 is 0 Å². The SMILES string of the molecule is O=[N+]([O-])c1cccc2c1C(c1ccoc1)c1cccc[n+]1C2. The molecule has 3 aromatic rings. The highest BCUT2D eigenvalue weighted by Gasteiger charge is 2.38. The van der Waals surface area contributed by atoms with Gasteiger partial charge in [-0.15, -0.1) is 0 Å². The predicted molar refractivity (Wildman–Crippen MR) is 78.5 cm³/mol. The standard InChI is InChI=1S/C17H13N2O3/c20-19(21)15-6-3-4-12-10-18-8-2-1-5-14(18)17(16(12)15)13-7-9-22-11-13/h1-9,11,17H,10H2/q+1. The summed E-state index contributed by atoms with van der Waals surface area (Å²) in [6.45, 7) is 0.640. The van der Waals surface area contributed by atoms with E-state index in [1.54, 1.807) is 24.7 Å². The Morgan fingerprint density at radius 3 is 2.86 bits per heavy atom. The minimum absolute atomic E-state index is 0.166. The number of hydrogen-bond donors (Lipinski definition) is 0. The van der Waals surface area contributed by atoms with E-state index >= 15 is 0 Å². The average Bonchev–Trinajstić information content (AvgIpc) is 3.05. The molecule has 5 nitrogen and oxygen atoms in total. The fraction of sp³-hybridized carbons (Fsp3) is 0.118. The highest BCUT2D eigenvalue weighted by molar-refractivity contribution is 5.54. The molecule has 0 amide bonds. The van der Waals surface area contributed by atoms with Gasteiger partial charge in [-0.25, -0.2) is 0 Å². The van der Waals surface area contributed by atoms with Gasteiger partial charge in [-0.1, -0.05) is 18.2 Å². The monoisotopic (exact) mass is 293 g/mol. The molecule has 0 fully saturated rings. The third-order valence-electron chi connectivity index (χ3n) is 4.15. The van der Waals surface area contributed by atoms with Crippen LogP contribution in [0, 0.1) is 10.1 Å². The van der Waals surface area contributed by atoms with Crippen LogP contribution in [0.2, 0.25) is 0 Å². The number of fused-ring (bicyclic) bond motifs is 2. The molecule has 5 heteroatoms. The highest BCUT2D eigenvalue weighted by atomic mass is 16.6. The van der Waals surface area contributed by atoms with Gasteiger partial charge < -0.3 is 4.42 Å². The topological polar surface area (TPSA) is 60.2 Å². The molecule has 1 unspecified atom stereocenters. The maximum Gasteiger partial charge on any atom is 0.274 e. The van der Waals surface area contributed by atoms with Crippen LogP contribution < -0.4 is 4.57 Å². The number of rotatable bonds is 2. The van der Waals surface area contributed by atoms with Gasteiger partial charge in [0.25, 0.3) is 5.69 Å². The van der Waals surface area contributed by atoms with Gasteiger partial charge in [-0.2, -0.15) is 4.57 Å². The molecular formula is C17H13N2O3+. The minimum atomic E-state index is -0.301. The van der Waals surface area contributed by atoms with Crippen molar-refractivity contribution in [3.8, 4) is 0 Å². The molecule has 0 saturated carbocycles. The minimum Gasteiger partial charge on any atom is -0.472 e. The zero-order chi connectivity index (χ0) is 15.1. The highest BCUT2D eigenvalue weighted by Crippen LogP contribution is 2.40. The van der Waals surface area contributed by atoms with Crippen LogP contribution in [0.15, 0.2) is 65.6 Å². The number of pyridine rings is 1. The van der Waals surface area contributed by atoms with E-state index in [1.165, 1.54) is 0 Å². The third-order valence-corrected chi connectivity index (χ3v) is 4.15. The summed E-state index contributed by atoms with van der Waals surface area (Å²) in [6.07, 6.45) is 5.27. The summed E-state index contributed by atoms with van der Waals surface area (Å²) in [7, 11) is 0. The second kappa shape index (κ2) is 4.80. The number of benzene rings is 1. The Hall–Kier alpha value is -2.95. The summed E-state index contributed by atoms with van der Waals surface area (Å²) in [5, 5.41) is 11.5. The molecule has 1 aliphatic heterocycles. The number of hydrogen-bond acceptors (Lipinski definition) is 3. The lowest BCUT2D eigenvalue weighted by molar-refractivity contribution is -0.698. The normalized spacial score (nSPS) is 15.9. The summed E-state index contributed by atoms with van der Waals surface area (Å²) >= 11 is 0. The fourth-order valence-electron chi connectivity index (χ4n) is 3.23. The van der Waals surface area contributed by atoms with Crippen molar-refractivity contribution in [3.05, 3.63) is 93.7 Å². The molecule has 1 aliphatic rings. The molecule has 0 aliphatic carbocycles. The Kier molecular flexibility index (Phi) is 2.79. The first-order valence-corrected chi connectivity index (χ1v) is 7.02. The van der Waals surface area contributed by atoms with E-state index in [-0.39, 0.29) is 16.5 Å². The van der Waals surface area contributed by atoms with Crippen molar-refractivity contribution < 1.29 is 13.9 Å². The van der Waals surface area contributed by atoms with E-state index in [4.69, 9.17) is 4.42 Å². The molecule has 0 bridgehead atoms. The number of furan rings is 1. The van der Waals surface area contributed by atoms with Gasteiger partial charge in [-0.3, -0.25) is 10.1 Å². The van der Waals surface area contributed by atoms with Gasteiger partial charge in [0.1, 0.15) is 5.92 Å². The van der Waals surface area contributed by atoms with Crippen LogP contribution in [0.1, 0.15) is 28.3 Å². The van der Waals surface area contributed by atoms with Crippen molar-refractivity contribution in [2.45, 2.75) is 12.5 Å². The van der Waals surface area contributed by atoms with Crippen LogP contribution >= 0.6 is 0 Å². The smallest absolute Gasteiger partial charge is 0.274 e. The summed E-state index contributed by atoms with van der Waals surface area (Å²) in [5.41, 5.74) is 3.86. The third kappa shape index (κ3) is 1.83. The van der Waals surface area contributed by atoms with Gasteiger partial charge >= 0.3 is 0 Å². The van der Waals surface area contributed by atoms with Crippen LogP contribution in [-0.4, -0.2) is 4.92 Å². The molecule has 2 aromatic heterocycles. The lowest BCUT2D eigenvalue weighted by Gasteiger charge is -2.22. The maximum absolute atomic E-state index is 11.5. The van der Waals surface area contributed by atoms with Crippen LogP contribution in [0.25, 0.3) is 0 Å². The molecule has 0 N–H and O–H groups in total.